The van der Waals surface area contributed by atoms with Crippen molar-refractivity contribution in [3.05, 3.63) is 63.6 Å². The second-order valence-electron chi connectivity index (χ2n) is 6.80. The fourth-order valence-corrected chi connectivity index (χ4v) is 3.98. The van der Waals surface area contributed by atoms with Gasteiger partial charge in [-0.05, 0) is 36.2 Å². The first-order valence-electron chi connectivity index (χ1n) is 9.12. The molecule has 2 aromatic carbocycles. The number of anilines is 1. The van der Waals surface area contributed by atoms with Gasteiger partial charge in [-0.1, -0.05) is 55.2 Å². The van der Waals surface area contributed by atoms with Gasteiger partial charge in [0.2, 0.25) is 11.8 Å². The molecule has 146 valence electrons. The first kappa shape index (κ1) is 20.4. The van der Waals surface area contributed by atoms with Gasteiger partial charge in [-0.2, -0.15) is 5.10 Å². The van der Waals surface area contributed by atoms with Gasteiger partial charge in [0, 0.05) is 33.6 Å². The van der Waals surface area contributed by atoms with Crippen LogP contribution in [0.1, 0.15) is 43.7 Å². The number of carbonyl (C=O) groups is 2. The summed E-state index contributed by atoms with van der Waals surface area (Å²) in [6, 6.07) is 12.6. The Labute approximate surface area is 174 Å². The largest absolute Gasteiger partial charge is 0.326 e. The molecule has 2 N–H and O–H groups in total. The molecule has 28 heavy (non-hydrogen) atoms. The van der Waals surface area contributed by atoms with Crippen molar-refractivity contribution in [1.29, 1.82) is 0 Å². The second kappa shape index (κ2) is 8.76. The van der Waals surface area contributed by atoms with E-state index in [1.807, 2.05) is 38.1 Å². The zero-order valence-corrected chi connectivity index (χ0v) is 17.1. The lowest BCUT2D eigenvalue weighted by Gasteiger charge is -2.20. The van der Waals surface area contributed by atoms with Crippen LogP contribution in [0.4, 0.5) is 5.69 Å². The third kappa shape index (κ3) is 4.37. The number of halogens is 2. The predicted octanol–water partition coefficient (Wildman–Crippen LogP) is 4.99. The molecule has 0 fully saturated rings. The maximum absolute atomic E-state index is 12.8. The molecular formula is C21H21Cl2N3O2. The minimum atomic E-state index is -0.446. The highest BCUT2D eigenvalue weighted by atomic mass is 35.5. The van der Waals surface area contributed by atoms with E-state index in [-0.39, 0.29) is 17.7 Å². The lowest BCUT2D eigenvalue weighted by molar-refractivity contribution is -0.122. The highest BCUT2D eigenvalue weighted by molar-refractivity contribution is 6.36. The fraction of sp³-hybridized carbons (Fsp3) is 0.286. The van der Waals surface area contributed by atoms with E-state index in [0.717, 1.165) is 11.3 Å². The Morgan fingerprint density at radius 1 is 1.21 bits per heavy atom. The zero-order valence-electron chi connectivity index (χ0n) is 15.6. The molecule has 1 aliphatic heterocycles. The summed E-state index contributed by atoms with van der Waals surface area (Å²) < 4.78 is 0. The van der Waals surface area contributed by atoms with E-state index in [2.05, 4.69) is 15.8 Å². The zero-order chi connectivity index (χ0) is 20.3. The van der Waals surface area contributed by atoms with Crippen molar-refractivity contribution in [2.24, 2.45) is 11.0 Å². The molecule has 0 radical (unpaired) electrons. The average molecular weight is 418 g/mol. The molecule has 5 nitrogen and oxygen atoms in total. The van der Waals surface area contributed by atoms with Gasteiger partial charge in [-0.15, -0.1) is 0 Å². The number of nitrogens with one attached hydrogen (secondary N) is 2. The average Bonchev–Trinajstić information content (AvgIpc) is 2.65. The summed E-state index contributed by atoms with van der Waals surface area (Å²) in [5.41, 5.74) is 5.56. The summed E-state index contributed by atoms with van der Waals surface area (Å²) in [4.78, 5) is 24.2. The Morgan fingerprint density at radius 3 is 2.43 bits per heavy atom. The summed E-state index contributed by atoms with van der Waals surface area (Å²) >= 11 is 12.5. The van der Waals surface area contributed by atoms with Crippen molar-refractivity contribution >= 4 is 46.4 Å². The maximum atomic E-state index is 12.8. The number of benzene rings is 2. The SMILES string of the molecule is CCC(C(=O)Nc1ccc(C2=NNC(=O)CC2C)cc1)c1c(Cl)cccc1Cl. The van der Waals surface area contributed by atoms with Crippen LogP contribution in [0.5, 0.6) is 0 Å². The van der Waals surface area contributed by atoms with Crippen LogP contribution < -0.4 is 10.7 Å². The molecule has 0 saturated carbocycles. The van der Waals surface area contributed by atoms with Gasteiger partial charge in [-0.25, -0.2) is 5.43 Å². The minimum Gasteiger partial charge on any atom is -0.326 e. The number of carbonyl (C=O) groups excluding carboxylic acids is 2. The monoisotopic (exact) mass is 417 g/mol. The van der Waals surface area contributed by atoms with E-state index in [4.69, 9.17) is 23.2 Å². The Hall–Kier alpha value is -2.37. The fourth-order valence-electron chi connectivity index (χ4n) is 3.32. The predicted molar refractivity (Wildman–Crippen MR) is 113 cm³/mol. The Kier molecular flexibility index (Phi) is 6.37. The highest BCUT2D eigenvalue weighted by Gasteiger charge is 2.24. The van der Waals surface area contributed by atoms with Crippen LogP contribution >= 0.6 is 23.2 Å². The van der Waals surface area contributed by atoms with Crippen LogP contribution in [0.2, 0.25) is 10.0 Å². The first-order chi connectivity index (χ1) is 13.4. The molecule has 2 aromatic rings. The lowest BCUT2D eigenvalue weighted by atomic mass is 9.93. The number of rotatable bonds is 5. The van der Waals surface area contributed by atoms with Crippen molar-refractivity contribution in [1.82, 2.24) is 5.43 Å². The third-order valence-electron chi connectivity index (χ3n) is 4.78. The Bertz CT molecular complexity index is 905. The highest BCUT2D eigenvalue weighted by Crippen LogP contribution is 2.34. The number of nitrogens with zero attached hydrogens (tertiary/aromatic N) is 1. The van der Waals surface area contributed by atoms with E-state index in [1.165, 1.54) is 0 Å². The molecule has 2 atom stereocenters. The number of hydrogen-bond acceptors (Lipinski definition) is 3. The maximum Gasteiger partial charge on any atom is 0.240 e. The van der Waals surface area contributed by atoms with Crippen LogP contribution in [0, 0.1) is 5.92 Å². The van der Waals surface area contributed by atoms with Gasteiger partial charge < -0.3 is 5.32 Å². The minimum absolute atomic E-state index is 0.0426. The van der Waals surface area contributed by atoms with E-state index in [0.29, 0.717) is 34.1 Å². The molecule has 3 rings (SSSR count). The van der Waals surface area contributed by atoms with Crippen molar-refractivity contribution in [3.63, 3.8) is 0 Å². The van der Waals surface area contributed by atoms with Crippen molar-refractivity contribution < 1.29 is 9.59 Å². The lowest BCUT2D eigenvalue weighted by Crippen LogP contribution is -2.31. The topological polar surface area (TPSA) is 70.6 Å². The molecule has 0 aliphatic carbocycles. The number of hydrazone groups is 1. The van der Waals surface area contributed by atoms with E-state index < -0.39 is 5.92 Å². The summed E-state index contributed by atoms with van der Waals surface area (Å²) in [6.45, 7) is 3.89. The summed E-state index contributed by atoms with van der Waals surface area (Å²) in [6.07, 6.45) is 0.982. The van der Waals surface area contributed by atoms with Crippen LogP contribution in [0.25, 0.3) is 0 Å². The molecule has 1 heterocycles. The molecule has 7 heteroatoms. The molecule has 0 saturated heterocycles. The van der Waals surface area contributed by atoms with Gasteiger partial charge >= 0.3 is 0 Å². The Balaban J connectivity index is 1.76. The van der Waals surface area contributed by atoms with E-state index in [1.54, 1.807) is 18.2 Å². The van der Waals surface area contributed by atoms with Gasteiger partial charge in [0.05, 0.1) is 11.6 Å². The van der Waals surface area contributed by atoms with Crippen LogP contribution in [-0.4, -0.2) is 17.5 Å². The third-order valence-corrected chi connectivity index (χ3v) is 5.44. The van der Waals surface area contributed by atoms with Gasteiger partial charge in [0.1, 0.15) is 0 Å². The quantitative estimate of drug-likeness (QED) is 0.719. The summed E-state index contributed by atoms with van der Waals surface area (Å²) in [7, 11) is 0. The molecular weight excluding hydrogens is 397 g/mol. The molecule has 2 amide bonds. The van der Waals surface area contributed by atoms with E-state index in [9.17, 15) is 9.59 Å². The summed E-state index contributed by atoms with van der Waals surface area (Å²) in [5, 5.41) is 8.05. The van der Waals surface area contributed by atoms with Gasteiger partial charge in [-0.3, -0.25) is 9.59 Å². The molecule has 0 bridgehead atoms. The molecule has 0 aromatic heterocycles. The second-order valence-corrected chi connectivity index (χ2v) is 7.61. The van der Waals surface area contributed by atoms with Crippen LogP contribution in [-0.2, 0) is 9.59 Å². The normalized spacial score (nSPS) is 17.5. The van der Waals surface area contributed by atoms with Gasteiger partial charge in [0.15, 0.2) is 0 Å². The van der Waals surface area contributed by atoms with Gasteiger partial charge in [0.25, 0.3) is 0 Å². The van der Waals surface area contributed by atoms with Crippen molar-refractivity contribution in [2.75, 3.05) is 5.32 Å². The van der Waals surface area contributed by atoms with Crippen molar-refractivity contribution in [3.8, 4) is 0 Å². The number of hydrogen-bond donors (Lipinski definition) is 2. The molecule has 0 spiro atoms. The first-order valence-corrected chi connectivity index (χ1v) is 9.88. The van der Waals surface area contributed by atoms with Crippen molar-refractivity contribution in [2.45, 2.75) is 32.6 Å². The molecule has 2 unspecified atom stereocenters. The number of amides is 2. The smallest absolute Gasteiger partial charge is 0.240 e. The van der Waals surface area contributed by atoms with Crippen LogP contribution in [0.3, 0.4) is 0 Å². The van der Waals surface area contributed by atoms with Crippen LogP contribution in [0.15, 0.2) is 47.6 Å². The Morgan fingerprint density at radius 2 is 1.86 bits per heavy atom. The van der Waals surface area contributed by atoms with E-state index >= 15 is 0 Å². The molecule has 1 aliphatic rings. The standard InChI is InChI=1S/C21H21Cl2N3O2/c1-3-15(19-16(22)5-4-6-17(19)23)21(28)24-14-9-7-13(8-10-14)20-12(2)11-18(27)25-26-20/h4-10,12,15H,3,11H2,1-2H3,(H,24,28)(H,25,27). The summed E-state index contributed by atoms with van der Waals surface area (Å²) in [5.74, 6) is -0.648.